The molecule has 1 rings (SSSR count). The summed E-state index contributed by atoms with van der Waals surface area (Å²) in [6.45, 7) is 4.29. The highest BCUT2D eigenvalue weighted by molar-refractivity contribution is 5.85. The molecule has 15 heavy (non-hydrogen) atoms. The van der Waals surface area contributed by atoms with Gasteiger partial charge in [-0.2, -0.15) is 5.10 Å². The number of unbranched alkanes of at least 4 members (excludes halogenated alkanes) is 3. The van der Waals surface area contributed by atoms with Crippen LogP contribution in [0.4, 0.5) is 0 Å². The lowest BCUT2D eigenvalue weighted by Crippen LogP contribution is -2.16. The second kappa shape index (κ2) is 8.74. The minimum Gasteiger partial charge on any atom is -0.311 e. The van der Waals surface area contributed by atoms with E-state index in [9.17, 15) is 0 Å². The molecule has 0 aliphatic carbocycles. The third-order valence-electron chi connectivity index (χ3n) is 2.44. The Morgan fingerprint density at radius 2 is 2.13 bits per heavy atom. The largest absolute Gasteiger partial charge is 0.311 e. The van der Waals surface area contributed by atoms with Crippen molar-refractivity contribution >= 4 is 12.4 Å². The van der Waals surface area contributed by atoms with Crippen LogP contribution < -0.4 is 5.32 Å². The number of nitrogens with zero attached hydrogens (tertiary/aromatic N) is 2. The van der Waals surface area contributed by atoms with Gasteiger partial charge in [0, 0.05) is 19.8 Å². The van der Waals surface area contributed by atoms with Crippen LogP contribution in [0.15, 0.2) is 12.3 Å². The summed E-state index contributed by atoms with van der Waals surface area (Å²) in [6.07, 6.45) is 7.13. The van der Waals surface area contributed by atoms with Crippen LogP contribution in [-0.4, -0.2) is 16.3 Å². The van der Waals surface area contributed by atoms with Gasteiger partial charge in [-0.1, -0.05) is 26.2 Å². The minimum absolute atomic E-state index is 0. The van der Waals surface area contributed by atoms with E-state index in [4.69, 9.17) is 0 Å². The zero-order valence-corrected chi connectivity index (χ0v) is 10.5. The molecule has 0 radical (unpaired) electrons. The van der Waals surface area contributed by atoms with Crippen LogP contribution in [0.3, 0.4) is 0 Å². The molecule has 0 bridgehead atoms. The van der Waals surface area contributed by atoms with Gasteiger partial charge in [-0.3, -0.25) is 4.68 Å². The molecular formula is C11H22ClN3. The summed E-state index contributed by atoms with van der Waals surface area (Å²) in [5, 5.41) is 7.55. The molecule has 0 unspecified atom stereocenters. The molecule has 0 aliphatic rings. The van der Waals surface area contributed by atoms with Gasteiger partial charge in [0.2, 0.25) is 0 Å². The Bertz CT molecular complexity index is 248. The van der Waals surface area contributed by atoms with Crippen molar-refractivity contribution in [3.63, 3.8) is 0 Å². The molecule has 0 aromatic carbocycles. The van der Waals surface area contributed by atoms with E-state index in [1.807, 2.05) is 17.9 Å². The second-order valence-corrected chi connectivity index (χ2v) is 3.68. The van der Waals surface area contributed by atoms with Gasteiger partial charge >= 0.3 is 0 Å². The molecule has 3 nitrogen and oxygen atoms in total. The third-order valence-corrected chi connectivity index (χ3v) is 2.44. The Morgan fingerprint density at radius 3 is 2.73 bits per heavy atom. The van der Waals surface area contributed by atoms with Crippen molar-refractivity contribution in [1.29, 1.82) is 0 Å². The van der Waals surface area contributed by atoms with Gasteiger partial charge in [0.25, 0.3) is 0 Å². The molecule has 0 aliphatic heterocycles. The van der Waals surface area contributed by atoms with E-state index in [0.29, 0.717) is 0 Å². The van der Waals surface area contributed by atoms with Crippen molar-refractivity contribution in [1.82, 2.24) is 15.1 Å². The standard InChI is InChI=1S/C11H21N3.ClH/c1-3-4-5-6-8-12-10-11-7-9-13-14(11)2;/h7,9,12H,3-6,8,10H2,1-2H3;1H. The highest BCUT2D eigenvalue weighted by atomic mass is 35.5. The van der Waals surface area contributed by atoms with Gasteiger partial charge in [0.05, 0.1) is 5.69 Å². The number of rotatable bonds is 7. The van der Waals surface area contributed by atoms with Crippen molar-refractivity contribution in [2.45, 2.75) is 39.2 Å². The Balaban J connectivity index is 0.00000196. The van der Waals surface area contributed by atoms with E-state index in [2.05, 4.69) is 23.4 Å². The van der Waals surface area contributed by atoms with Crippen molar-refractivity contribution < 1.29 is 0 Å². The molecule has 1 N–H and O–H groups in total. The first-order valence-electron chi connectivity index (χ1n) is 5.52. The predicted octanol–water partition coefficient (Wildman–Crippen LogP) is 2.51. The van der Waals surface area contributed by atoms with Crippen LogP contribution in [0.2, 0.25) is 0 Å². The maximum Gasteiger partial charge on any atom is 0.0518 e. The van der Waals surface area contributed by atoms with Crippen LogP contribution in [0.1, 0.15) is 38.3 Å². The van der Waals surface area contributed by atoms with Crippen molar-refractivity contribution in [2.24, 2.45) is 7.05 Å². The van der Waals surface area contributed by atoms with Gasteiger partial charge in [-0.25, -0.2) is 0 Å². The molecule has 0 amide bonds. The fourth-order valence-electron chi connectivity index (χ4n) is 1.47. The minimum atomic E-state index is 0. The molecule has 0 saturated carbocycles. The van der Waals surface area contributed by atoms with Crippen molar-refractivity contribution in [2.75, 3.05) is 6.54 Å². The lowest BCUT2D eigenvalue weighted by molar-refractivity contribution is 0.577. The first kappa shape index (κ1) is 14.5. The van der Waals surface area contributed by atoms with Gasteiger partial charge in [-0.05, 0) is 19.0 Å². The van der Waals surface area contributed by atoms with Gasteiger partial charge < -0.3 is 5.32 Å². The molecule has 1 heterocycles. The van der Waals surface area contributed by atoms with Crippen LogP contribution in [0.25, 0.3) is 0 Å². The maximum absolute atomic E-state index is 4.12. The average molecular weight is 232 g/mol. The quantitative estimate of drug-likeness (QED) is 0.731. The Morgan fingerprint density at radius 1 is 1.33 bits per heavy atom. The zero-order chi connectivity index (χ0) is 10.2. The normalized spacial score (nSPS) is 10.0. The summed E-state index contributed by atoms with van der Waals surface area (Å²) in [5.41, 5.74) is 1.25. The molecule has 0 fully saturated rings. The number of hydrogen-bond donors (Lipinski definition) is 1. The van der Waals surface area contributed by atoms with E-state index in [0.717, 1.165) is 13.1 Å². The van der Waals surface area contributed by atoms with E-state index >= 15 is 0 Å². The number of nitrogens with one attached hydrogen (secondary N) is 1. The summed E-state index contributed by atoms with van der Waals surface area (Å²) in [6, 6.07) is 2.05. The molecule has 0 saturated heterocycles. The van der Waals surface area contributed by atoms with Gasteiger partial charge in [0.15, 0.2) is 0 Å². The SMILES string of the molecule is CCCCCCNCc1ccnn1C.Cl. The van der Waals surface area contributed by atoms with Crippen LogP contribution in [-0.2, 0) is 13.6 Å². The number of aryl methyl sites for hydroxylation is 1. The first-order chi connectivity index (χ1) is 6.84. The van der Waals surface area contributed by atoms with E-state index in [1.165, 1.54) is 31.4 Å². The number of hydrogen-bond acceptors (Lipinski definition) is 2. The fourth-order valence-corrected chi connectivity index (χ4v) is 1.47. The smallest absolute Gasteiger partial charge is 0.0518 e. The lowest BCUT2D eigenvalue weighted by Gasteiger charge is -2.04. The molecular weight excluding hydrogens is 210 g/mol. The summed E-state index contributed by atoms with van der Waals surface area (Å²) < 4.78 is 1.92. The van der Waals surface area contributed by atoms with Crippen LogP contribution in [0, 0.1) is 0 Å². The Labute approximate surface area is 98.7 Å². The number of aromatic nitrogens is 2. The Hall–Kier alpha value is -0.540. The average Bonchev–Trinajstić information content (AvgIpc) is 2.58. The van der Waals surface area contributed by atoms with Gasteiger partial charge in [-0.15, -0.1) is 12.4 Å². The topological polar surface area (TPSA) is 29.9 Å². The molecule has 4 heteroatoms. The molecule has 1 aromatic rings. The van der Waals surface area contributed by atoms with Crippen LogP contribution >= 0.6 is 12.4 Å². The second-order valence-electron chi connectivity index (χ2n) is 3.68. The molecule has 0 atom stereocenters. The van der Waals surface area contributed by atoms with Crippen molar-refractivity contribution in [3.05, 3.63) is 18.0 Å². The third kappa shape index (κ3) is 5.80. The number of halogens is 1. The highest BCUT2D eigenvalue weighted by Crippen LogP contribution is 1.98. The highest BCUT2D eigenvalue weighted by Gasteiger charge is 1.96. The summed E-state index contributed by atoms with van der Waals surface area (Å²) in [7, 11) is 1.98. The predicted molar refractivity (Wildman–Crippen MR) is 66.3 cm³/mol. The first-order valence-corrected chi connectivity index (χ1v) is 5.52. The molecule has 88 valence electrons. The monoisotopic (exact) mass is 231 g/mol. The molecule has 0 spiro atoms. The lowest BCUT2D eigenvalue weighted by atomic mass is 10.2. The summed E-state index contributed by atoms with van der Waals surface area (Å²) >= 11 is 0. The fraction of sp³-hybridized carbons (Fsp3) is 0.727. The van der Waals surface area contributed by atoms with E-state index in [1.54, 1.807) is 0 Å². The summed E-state index contributed by atoms with van der Waals surface area (Å²) in [5.74, 6) is 0. The van der Waals surface area contributed by atoms with E-state index < -0.39 is 0 Å². The van der Waals surface area contributed by atoms with E-state index in [-0.39, 0.29) is 12.4 Å². The summed E-state index contributed by atoms with van der Waals surface area (Å²) in [4.78, 5) is 0. The zero-order valence-electron chi connectivity index (χ0n) is 9.70. The Kier molecular flexibility index (Phi) is 8.43. The van der Waals surface area contributed by atoms with Gasteiger partial charge in [0.1, 0.15) is 0 Å². The van der Waals surface area contributed by atoms with Crippen molar-refractivity contribution in [3.8, 4) is 0 Å². The van der Waals surface area contributed by atoms with Crippen LogP contribution in [0.5, 0.6) is 0 Å². The maximum atomic E-state index is 4.12. The molecule has 1 aromatic heterocycles.